The van der Waals surface area contributed by atoms with Crippen LogP contribution < -0.4 is 15.0 Å². The molecule has 1 unspecified atom stereocenters. The highest BCUT2D eigenvalue weighted by molar-refractivity contribution is 5.36. The molecule has 2 heterocycles. The number of piperidine rings is 1. The van der Waals surface area contributed by atoms with Gasteiger partial charge in [-0.15, -0.1) is 0 Å². The van der Waals surface area contributed by atoms with E-state index in [1.54, 1.807) is 6.20 Å². The monoisotopic (exact) mass is 276 g/mol. The maximum Gasteiger partial charge on any atom is 0.228 e. The normalized spacial score (nSPS) is 22.6. The zero-order chi connectivity index (χ0) is 13.8. The van der Waals surface area contributed by atoms with E-state index in [1.807, 2.05) is 13.0 Å². The van der Waals surface area contributed by atoms with Crippen molar-refractivity contribution in [2.45, 2.75) is 51.1 Å². The van der Waals surface area contributed by atoms with Crippen molar-refractivity contribution < 1.29 is 4.74 Å². The van der Waals surface area contributed by atoms with E-state index in [1.165, 1.54) is 32.1 Å². The molecule has 0 spiro atoms. The summed E-state index contributed by atoms with van der Waals surface area (Å²) in [6.45, 7) is 4.78. The smallest absolute Gasteiger partial charge is 0.228 e. The van der Waals surface area contributed by atoms with Crippen molar-refractivity contribution in [3.05, 3.63) is 12.3 Å². The minimum atomic E-state index is 0.573. The van der Waals surface area contributed by atoms with Crippen LogP contribution in [0, 0.1) is 0 Å². The molecular weight excluding hydrogens is 252 g/mol. The van der Waals surface area contributed by atoms with Gasteiger partial charge in [0, 0.05) is 30.9 Å². The van der Waals surface area contributed by atoms with Gasteiger partial charge in [-0.25, -0.2) is 4.98 Å². The second kappa shape index (κ2) is 6.39. The highest BCUT2D eigenvalue weighted by atomic mass is 16.5. The molecule has 1 saturated heterocycles. The van der Waals surface area contributed by atoms with Crippen molar-refractivity contribution in [2.75, 3.05) is 24.6 Å². The number of nitrogens with one attached hydrogen (secondary N) is 1. The molecule has 110 valence electrons. The van der Waals surface area contributed by atoms with Crippen LogP contribution in [0.1, 0.15) is 39.0 Å². The van der Waals surface area contributed by atoms with Crippen molar-refractivity contribution in [1.82, 2.24) is 15.3 Å². The van der Waals surface area contributed by atoms with Crippen LogP contribution in [-0.2, 0) is 0 Å². The molecule has 0 radical (unpaired) electrons. The van der Waals surface area contributed by atoms with E-state index >= 15 is 0 Å². The molecule has 1 aromatic heterocycles. The predicted octanol–water partition coefficient (Wildman–Crippen LogP) is 1.99. The molecule has 2 fully saturated rings. The van der Waals surface area contributed by atoms with E-state index in [0.717, 1.165) is 19.0 Å². The Kier molecular flexibility index (Phi) is 4.35. The van der Waals surface area contributed by atoms with Gasteiger partial charge in [0.15, 0.2) is 0 Å². The van der Waals surface area contributed by atoms with Gasteiger partial charge < -0.3 is 15.0 Å². The average Bonchev–Trinajstić information content (AvgIpc) is 3.31. The summed E-state index contributed by atoms with van der Waals surface area (Å²) in [6.07, 6.45) is 8.21. The standard InChI is InChI=1S/C15H24N4O/c1-2-20-14-8-10-17-15(18-14)19(13-6-7-13)11-12-5-3-4-9-16-12/h8,10,12-13,16H,2-7,9,11H2,1H3. The molecule has 5 heteroatoms. The van der Waals surface area contributed by atoms with Crippen LogP contribution in [0.2, 0.25) is 0 Å². The molecule has 1 N–H and O–H groups in total. The Bertz CT molecular complexity index is 430. The van der Waals surface area contributed by atoms with E-state index in [9.17, 15) is 0 Å². The highest BCUT2D eigenvalue weighted by Gasteiger charge is 2.32. The molecule has 1 saturated carbocycles. The number of hydrogen-bond donors (Lipinski definition) is 1. The molecule has 5 nitrogen and oxygen atoms in total. The Hall–Kier alpha value is -1.36. The molecule has 0 bridgehead atoms. The fourth-order valence-corrected chi connectivity index (χ4v) is 2.80. The van der Waals surface area contributed by atoms with Crippen LogP contribution in [0.5, 0.6) is 5.88 Å². The SMILES string of the molecule is CCOc1ccnc(N(CC2CCCCN2)C2CC2)n1. The zero-order valence-corrected chi connectivity index (χ0v) is 12.2. The van der Waals surface area contributed by atoms with Gasteiger partial charge in [0.2, 0.25) is 11.8 Å². The number of anilines is 1. The summed E-state index contributed by atoms with van der Waals surface area (Å²) < 4.78 is 5.49. The van der Waals surface area contributed by atoms with Gasteiger partial charge in [-0.05, 0) is 39.2 Å². The van der Waals surface area contributed by atoms with Crippen LogP contribution >= 0.6 is 0 Å². The van der Waals surface area contributed by atoms with Gasteiger partial charge in [-0.3, -0.25) is 0 Å². The second-order valence-corrected chi connectivity index (χ2v) is 5.66. The number of ether oxygens (including phenoxy) is 1. The van der Waals surface area contributed by atoms with Crippen LogP contribution in [-0.4, -0.2) is 41.7 Å². The summed E-state index contributed by atoms with van der Waals surface area (Å²) in [5, 5.41) is 3.61. The Morgan fingerprint density at radius 1 is 1.35 bits per heavy atom. The maximum absolute atomic E-state index is 5.49. The summed E-state index contributed by atoms with van der Waals surface area (Å²) in [7, 11) is 0. The van der Waals surface area contributed by atoms with Crippen LogP contribution in [0.4, 0.5) is 5.95 Å². The van der Waals surface area contributed by atoms with Crippen molar-refractivity contribution in [3.8, 4) is 5.88 Å². The lowest BCUT2D eigenvalue weighted by Gasteiger charge is -2.30. The third-order valence-corrected chi connectivity index (χ3v) is 3.98. The third-order valence-electron chi connectivity index (χ3n) is 3.98. The molecular formula is C15H24N4O. The van der Waals surface area contributed by atoms with Gasteiger partial charge in [0.25, 0.3) is 0 Å². The minimum absolute atomic E-state index is 0.573. The van der Waals surface area contributed by atoms with E-state index in [0.29, 0.717) is 24.6 Å². The Morgan fingerprint density at radius 3 is 2.95 bits per heavy atom. The van der Waals surface area contributed by atoms with E-state index in [4.69, 9.17) is 4.74 Å². The molecule has 0 aromatic carbocycles. The summed E-state index contributed by atoms with van der Waals surface area (Å²) >= 11 is 0. The summed E-state index contributed by atoms with van der Waals surface area (Å²) in [5.41, 5.74) is 0. The summed E-state index contributed by atoms with van der Waals surface area (Å²) in [5.74, 6) is 1.51. The van der Waals surface area contributed by atoms with Crippen LogP contribution in [0.25, 0.3) is 0 Å². The molecule has 1 aromatic rings. The minimum Gasteiger partial charge on any atom is -0.478 e. The molecule has 3 rings (SSSR count). The Labute approximate surface area is 120 Å². The Balaban J connectivity index is 1.70. The lowest BCUT2D eigenvalue weighted by Crippen LogP contribution is -2.45. The largest absolute Gasteiger partial charge is 0.478 e. The topological polar surface area (TPSA) is 50.3 Å². The molecule has 1 aliphatic heterocycles. The van der Waals surface area contributed by atoms with E-state index in [2.05, 4.69) is 20.2 Å². The van der Waals surface area contributed by atoms with E-state index < -0.39 is 0 Å². The van der Waals surface area contributed by atoms with Gasteiger partial charge in [-0.1, -0.05) is 6.42 Å². The maximum atomic E-state index is 5.49. The third kappa shape index (κ3) is 3.39. The van der Waals surface area contributed by atoms with E-state index in [-0.39, 0.29) is 0 Å². The number of aromatic nitrogens is 2. The number of hydrogen-bond acceptors (Lipinski definition) is 5. The lowest BCUT2D eigenvalue weighted by molar-refractivity contribution is 0.325. The molecule has 1 aliphatic carbocycles. The van der Waals surface area contributed by atoms with Crippen molar-refractivity contribution >= 4 is 5.95 Å². The van der Waals surface area contributed by atoms with Crippen molar-refractivity contribution in [3.63, 3.8) is 0 Å². The fraction of sp³-hybridized carbons (Fsp3) is 0.733. The second-order valence-electron chi connectivity index (χ2n) is 5.66. The van der Waals surface area contributed by atoms with Crippen molar-refractivity contribution in [1.29, 1.82) is 0 Å². The quantitative estimate of drug-likeness (QED) is 0.861. The van der Waals surface area contributed by atoms with Crippen LogP contribution in [0.3, 0.4) is 0 Å². The first-order valence-corrected chi connectivity index (χ1v) is 7.82. The first-order valence-electron chi connectivity index (χ1n) is 7.82. The average molecular weight is 276 g/mol. The van der Waals surface area contributed by atoms with Gasteiger partial charge in [-0.2, -0.15) is 4.98 Å². The number of rotatable bonds is 6. The van der Waals surface area contributed by atoms with Gasteiger partial charge in [0.05, 0.1) is 6.61 Å². The van der Waals surface area contributed by atoms with Crippen molar-refractivity contribution in [2.24, 2.45) is 0 Å². The first kappa shape index (κ1) is 13.6. The lowest BCUT2D eigenvalue weighted by atomic mass is 10.0. The first-order chi connectivity index (χ1) is 9.86. The van der Waals surface area contributed by atoms with Gasteiger partial charge in [0.1, 0.15) is 0 Å². The Morgan fingerprint density at radius 2 is 2.25 bits per heavy atom. The van der Waals surface area contributed by atoms with Crippen LogP contribution in [0.15, 0.2) is 12.3 Å². The molecule has 2 aliphatic rings. The highest BCUT2D eigenvalue weighted by Crippen LogP contribution is 2.31. The summed E-state index contributed by atoms with van der Waals surface area (Å²) in [6, 6.07) is 3.02. The fourth-order valence-electron chi connectivity index (χ4n) is 2.80. The molecule has 1 atom stereocenters. The predicted molar refractivity (Wildman–Crippen MR) is 79.2 cm³/mol. The van der Waals surface area contributed by atoms with Gasteiger partial charge >= 0.3 is 0 Å². The summed E-state index contributed by atoms with van der Waals surface area (Å²) in [4.78, 5) is 11.4. The number of nitrogens with zero attached hydrogens (tertiary/aromatic N) is 3. The molecule has 0 amide bonds. The molecule has 20 heavy (non-hydrogen) atoms. The zero-order valence-electron chi connectivity index (χ0n) is 12.2.